The first-order valence-electron chi connectivity index (χ1n) is 8.49. The maximum absolute atomic E-state index is 12.2. The Bertz CT molecular complexity index is 534. The van der Waals surface area contributed by atoms with Gasteiger partial charge in [0, 0.05) is 18.7 Å². The van der Waals surface area contributed by atoms with E-state index in [2.05, 4.69) is 17.6 Å². The van der Waals surface area contributed by atoms with Gasteiger partial charge in [0.05, 0.1) is 5.54 Å². The van der Waals surface area contributed by atoms with Gasteiger partial charge in [-0.1, -0.05) is 38.3 Å². The maximum atomic E-state index is 12.2. The van der Waals surface area contributed by atoms with Crippen molar-refractivity contribution in [2.75, 3.05) is 6.54 Å². The molecule has 1 aromatic rings. The van der Waals surface area contributed by atoms with Gasteiger partial charge in [-0.3, -0.25) is 9.59 Å². The fraction of sp³-hybridized carbons (Fsp3) is 0.556. The van der Waals surface area contributed by atoms with Crippen molar-refractivity contribution in [3.63, 3.8) is 0 Å². The summed E-state index contributed by atoms with van der Waals surface area (Å²) < 4.78 is 0. The van der Waals surface area contributed by atoms with Crippen molar-refractivity contribution in [3.8, 4) is 0 Å². The lowest BCUT2D eigenvalue weighted by Crippen LogP contribution is -2.51. The number of nitrogens with one attached hydrogen (secondary N) is 2. The van der Waals surface area contributed by atoms with Crippen LogP contribution in [-0.4, -0.2) is 23.9 Å². The molecule has 1 fully saturated rings. The third kappa shape index (κ3) is 4.79. The van der Waals surface area contributed by atoms with Gasteiger partial charge in [0.25, 0.3) is 5.91 Å². The molecule has 5 heteroatoms. The van der Waals surface area contributed by atoms with Gasteiger partial charge in [0.2, 0.25) is 5.91 Å². The summed E-state index contributed by atoms with van der Waals surface area (Å²) >= 11 is 0. The van der Waals surface area contributed by atoms with Crippen LogP contribution in [0.4, 0.5) is 0 Å². The summed E-state index contributed by atoms with van der Waals surface area (Å²) in [7, 11) is 0. The molecule has 0 radical (unpaired) electrons. The van der Waals surface area contributed by atoms with Crippen molar-refractivity contribution in [2.45, 2.75) is 57.5 Å². The van der Waals surface area contributed by atoms with E-state index in [4.69, 9.17) is 5.73 Å². The minimum absolute atomic E-state index is 0.0547. The maximum Gasteiger partial charge on any atom is 0.251 e. The summed E-state index contributed by atoms with van der Waals surface area (Å²) in [6, 6.07) is 7.31. The average molecular weight is 317 g/mol. The van der Waals surface area contributed by atoms with E-state index in [0.717, 1.165) is 44.1 Å². The topological polar surface area (TPSA) is 84.2 Å². The van der Waals surface area contributed by atoms with Crippen LogP contribution >= 0.6 is 0 Å². The number of unbranched alkanes of at least 4 members (excludes halogenated alkanes) is 1. The molecule has 5 nitrogen and oxygen atoms in total. The predicted octanol–water partition coefficient (Wildman–Crippen LogP) is 2.10. The molecule has 0 spiro atoms. The van der Waals surface area contributed by atoms with Crippen LogP contribution in [0.25, 0.3) is 0 Å². The highest BCUT2D eigenvalue weighted by atomic mass is 16.2. The molecule has 0 saturated heterocycles. The molecule has 1 aliphatic carbocycles. The smallest absolute Gasteiger partial charge is 0.251 e. The molecule has 0 bridgehead atoms. The van der Waals surface area contributed by atoms with E-state index in [1.807, 2.05) is 12.1 Å². The predicted molar refractivity (Wildman–Crippen MR) is 90.9 cm³/mol. The number of benzene rings is 1. The lowest BCUT2D eigenvalue weighted by Gasteiger charge is -2.22. The normalized spacial score (nSPS) is 16.1. The molecular formula is C18H27N3O2. The summed E-state index contributed by atoms with van der Waals surface area (Å²) in [6.45, 7) is 3.23. The number of rotatable bonds is 7. The molecular weight excluding hydrogens is 290 g/mol. The third-order valence-corrected chi connectivity index (χ3v) is 4.43. The second kappa shape index (κ2) is 8.11. The van der Waals surface area contributed by atoms with Gasteiger partial charge in [-0.05, 0) is 37.0 Å². The van der Waals surface area contributed by atoms with Crippen LogP contribution in [0.2, 0.25) is 0 Å². The monoisotopic (exact) mass is 317 g/mol. The van der Waals surface area contributed by atoms with Gasteiger partial charge in [0.15, 0.2) is 0 Å². The number of hydrogen-bond acceptors (Lipinski definition) is 3. The summed E-state index contributed by atoms with van der Waals surface area (Å²) in [5.41, 5.74) is 7.03. The van der Waals surface area contributed by atoms with Crippen LogP contribution in [-0.2, 0) is 11.3 Å². The van der Waals surface area contributed by atoms with Crippen LogP contribution in [0, 0.1) is 0 Å². The minimum atomic E-state index is -0.695. The Labute approximate surface area is 138 Å². The molecule has 126 valence electrons. The molecule has 0 atom stereocenters. The van der Waals surface area contributed by atoms with Crippen molar-refractivity contribution in [2.24, 2.45) is 5.73 Å². The lowest BCUT2D eigenvalue weighted by atomic mass is 9.98. The Balaban J connectivity index is 1.83. The highest BCUT2D eigenvalue weighted by molar-refractivity contribution is 5.94. The SMILES string of the molecule is CCCCNC(=O)c1ccc(CNC(=O)C2(N)CCCC2)cc1. The van der Waals surface area contributed by atoms with Crippen molar-refractivity contribution >= 4 is 11.8 Å². The summed E-state index contributed by atoms with van der Waals surface area (Å²) in [5, 5.41) is 5.79. The zero-order valence-corrected chi connectivity index (χ0v) is 13.9. The molecule has 1 saturated carbocycles. The van der Waals surface area contributed by atoms with E-state index in [0.29, 0.717) is 18.7 Å². The molecule has 2 amide bonds. The largest absolute Gasteiger partial charge is 0.352 e. The number of amides is 2. The Morgan fingerprint density at radius 2 is 1.78 bits per heavy atom. The van der Waals surface area contributed by atoms with Crippen molar-refractivity contribution in [1.29, 1.82) is 0 Å². The van der Waals surface area contributed by atoms with E-state index in [1.165, 1.54) is 0 Å². The van der Waals surface area contributed by atoms with E-state index in [-0.39, 0.29) is 11.8 Å². The first kappa shape index (κ1) is 17.5. The Hall–Kier alpha value is -1.88. The van der Waals surface area contributed by atoms with E-state index >= 15 is 0 Å². The molecule has 0 aliphatic heterocycles. The summed E-state index contributed by atoms with van der Waals surface area (Å²) in [6.07, 6.45) is 5.60. The first-order chi connectivity index (χ1) is 11.0. The number of carbonyl (C=O) groups excluding carboxylic acids is 2. The molecule has 4 N–H and O–H groups in total. The van der Waals surface area contributed by atoms with Crippen molar-refractivity contribution in [3.05, 3.63) is 35.4 Å². The molecule has 0 heterocycles. The first-order valence-corrected chi connectivity index (χ1v) is 8.49. The zero-order valence-electron chi connectivity index (χ0n) is 13.9. The Morgan fingerprint density at radius 1 is 1.13 bits per heavy atom. The quantitative estimate of drug-likeness (QED) is 0.673. The number of hydrogen-bond donors (Lipinski definition) is 3. The zero-order chi connectivity index (χ0) is 16.7. The van der Waals surface area contributed by atoms with Crippen LogP contribution < -0.4 is 16.4 Å². The van der Waals surface area contributed by atoms with Gasteiger partial charge in [-0.15, -0.1) is 0 Å². The second-order valence-corrected chi connectivity index (χ2v) is 6.35. The molecule has 1 aromatic carbocycles. The van der Waals surface area contributed by atoms with Crippen molar-refractivity contribution in [1.82, 2.24) is 10.6 Å². The highest BCUT2D eigenvalue weighted by Gasteiger charge is 2.36. The van der Waals surface area contributed by atoms with E-state index < -0.39 is 5.54 Å². The molecule has 1 aliphatic rings. The van der Waals surface area contributed by atoms with Crippen LogP contribution in [0.5, 0.6) is 0 Å². The third-order valence-electron chi connectivity index (χ3n) is 4.43. The minimum Gasteiger partial charge on any atom is -0.352 e. The number of nitrogens with two attached hydrogens (primary N) is 1. The lowest BCUT2D eigenvalue weighted by molar-refractivity contribution is -0.126. The van der Waals surface area contributed by atoms with Gasteiger partial charge >= 0.3 is 0 Å². The summed E-state index contributed by atoms with van der Waals surface area (Å²) in [5.74, 6) is -0.128. The van der Waals surface area contributed by atoms with Crippen LogP contribution in [0.1, 0.15) is 61.4 Å². The summed E-state index contributed by atoms with van der Waals surface area (Å²) in [4.78, 5) is 24.1. The van der Waals surface area contributed by atoms with Gasteiger partial charge < -0.3 is 16.4 Å². The molecule has 2 rings (SSSR count). The number of carbonyl (C=O) groups is 2. The van der Waals surface area contributed by atoms with Gasteiger partial charge in [-0.2, -0.15) is 0 Å². The molecule has 0 aromatic heterocycles. The van der Waals surface area contributed by atoms with Gasteiger partial charge in [-0.25, -0.2) is 0 Å². The highest BCUT2D eigenvalue weighted by Crippen LogP contribution is 2.27. The van der Waals surface area contributed by atoms with Crippen LogP contribution in [0.15, 0.2) is 24.3 Å². The second-order valence-electron chi connectivity index (χ2n) is 6.35. The average Bonchev–Trinajstić information content (AvgIpc) is 3.01. The fourth-order valence-electron chi connectivity index (χ4n) is 2.85. The van der Waals surface area contributed by atoms with E-state index in [9.17, 15) is 9.59 Å². The van der Waals surface area contributed by atoms with E-state index in [1.54, 1.807) is 12.1 Å². The molecule has 0 unspecified atom stereocenters. The van der Waals surface area contributed by atoms with Crippen LogP contribution in [0.3, 0.4) is 0 Å². The molecule has 23 heavy (non-hydrogen) atoms. The van der Waals surface area contributed by atoms with Crippen molar-refractivity contribution < 1.29 is 9.59 Å². The van der Waals surface area contributed by atoms with Gasteiger partial charge in [0.1, 0.15) is 0 Å². The Morgan fingerprint density at radius 3 is 2.39 bits per heavy atom. The Kier molecular flexibility index (Phi) is 6.16. The fourth-order valence-corrected chi connectivity index (χ4v) is 2.85. The standard InChI is InChI=1S/C18H27N3O2/c1-2-3-12-20-16(22)15-8-6-14(7-9-15)13-21-17(23)18(19)10-4-5-11-18/h6-9H,2-5,10-13,19H2,1H3,(H,20,22)(H,21,23).